The van der Waals surface area contributed by atoms with Gasteiger partial charge in [-0.05, 0) is 31.5 Å². The minimum absolute atomic E-state index is 0.189. The number of nitro benzene ring substituents is 1. The molecule has 0 spiro atoms. The van der Waals surface area contributed by atoms with Crippen molar-refractivity contribution in [2.24, 2.45) is 0 Å². The molecule has 10 heteroatoms. The summed E-state index contributed by atoms with van der Waals surface area (Å²) in [5.74, 6) is -0.974. The Kier molecular flexibility index (Phi) is 5.60. The number of hydrogen-bond acceptors (Lipinski definition) is 5. The van der Waals surface area contributed by atoms with Gasteiger partial charge >= 0.3 is 6.18 Å². The van der Waals surface area contributed by atoms with Crippen molar-refractivity contribution in [2.45, 2.75) is 25.1 Å². The minimum Gasteiger partial charge on any atom is -0.484 e. The number of nitrogens with one attached hydrogen (secondary N) is 2. The molecular formula is C14H16F3N3O4. The summed E-state index contributed by atoms with van der Waals surface area (Å²) in [7, 11) is 0. The van der Waals surface area contributed by atoms with E-state index in [0.29, 0.717) is 6.54 Å². The molecule has 1 aliphatic heterocycles. The summed E-state index contributed by atoms with van der Waals surface area (Å²) in [4.78, 5) is 22.5. The number of carbonyl (C=O) groups excluding carboxylic acids is 1. The van der Waals surface area contributed by atoms with E-state index in [1.807, 2.05) is 0 Å². The lowest BCUT2D eigenvalue weighted by atomic mass is 10.1. The average Bonchev–Trinajstić information content (AvgIpc) is 2.52. The Morgan fingerprint density at radius 2 is 2.21 bits per heavy atom. The maximum Gasteiger partial charge on any atom is 0.422 e. The number of alkyl halides is 3. The predicted molar refractivity (Wildman–Crippen MR) is 78.0 cm³/mol. The van der Waals surface area contributed by atoms with Crippen molar-refractivity contribution in [2.75, 3.05) is 19.7 Å². The molecule has 1 aliphatic rings. The third-order valence-corrected chi connectivity index (χ3v) is 3.44. The van der Waals surface area contributed by atoms with Gasteiger partial charge in [-0.15, -0.1) is 0 Å². The predicted octanol–water partition coefficient (Wildman–Crippen LogP) is 2.02. The topological polar surface area (TPSA) is 93.5 Å². The molecule has 2 rings (SSSR count). The van der Waals surface area contributed by atoms with Crippen LogP contribution < -0.4 is 15.4 Å². The zero-order valence-corrected chi connectivity index (χ0v) is 12.6. The molecule has 0 bridgehead atoms. The van der Waals surface area contributed by atoms with E-state index in [1.54, 1.807) is 0 Å². The number of amides is 1. The maximum absolute atomic E-state index is 12.3. The molecule has 2 N–H and O–H groups in total. The van der Waals surface area contributed by atoms with Crippen LogP contribution in [0.1, 0.15) is 23.2 Å². The molecule has 1 amide bonds. The molecule has 1 aromatic rings. The second-order valence-electron chi connectivity index (χ2n) is 5.36. The smallest absolute Gasteiger partial charge is 0.422 e. The molecule has 24 heavy (non-hydrogen) atoms. The van der Waals surface area contributed by atoms with Crippen molar-refractivity contribution < 1.29 is 27.6 Å². The van der Waals surface area contributed by atoms with Gasteiger partial charge in [-0.3, -0.25) is 14.9 Å². The molecule has 1 aromatic carbocycles. The third kappa shape index (κ3) is 5.08. The monoisotopic (exact) mass is 347 g/mol. The summed E-state index contributed by atoms with van der Waals surface area (Å²) < 4.78 is 41.1. The molecule has 1 fully saturated rings. The first-order valence-electron chi connectivity index (χ1n) is 7.26. The summed E-state index contributed by atoms with van der Waals surface area (Å²) in [6, 6.07) is 2.75. The lowest BCUT2D eigenvalue weighted by Gasteiger charge is -2.23. The number of piperidine rings is 1. The van der Waals surface area contributed by atoms with Gasteiger partial charge in [0.2, 0.25) is 0 Å². The summed E-state index contributed by atoms with van der Waals surface area (Å²) in [5.41, 5.74) is -0.819. The largest absolute Gasteiger partial charge is 0.484 e. The second kappa shape index (κ2) is 7.47. The van der Waals surface area contributed by atoms with E-state index in [-0.39, 0.29) is 17.4 Å². The Bertz CT molecular complexity index is 616. The summed E-state index contributed by atoms with van der Waals surface area (Å²) in [5, 5.41) is 16.8. The Labute approximate surface area is 135 Å². The molecular weight excluding hydrogens is 331 g/mol. The Morgan fingerprint density at radius 3 is 2.79 bits per heavy atom. The minimum atomic E-state index is -4.54. The number of ether oxygens (including phenoxy) is 1. The lowest BCUT2D eigenvalue weighted by molar-refractivity contribution is -0.385. The Balaban J connectivity index is 2.17. The molecule has 0 saturated carbocycles. The number of rotatable bonds is 5. The number of benzene rings is 1. The zero-order chi connectivity index (χ0) is 17.7. The molecule has 0 aromatic heterocycles. The van der Waals surface area contributed by atoms with Crippen LogP contribution in [0, 0.1) is 10.1 Å². The van der Waals surface area contributed by atoms with Gasteiger partial charge in [0.15, 0.2) is 6.61 Å². The van der Waals surface area contributed by atoms with Crippen LogP contribution in [-0.2, 0) is 0 Å². The van der Waals surface area contributed by atoms with Crippen LogP contribution in [0.4, 0.5) is 18.9 Å². The van der Waals surface area contributed by atoms with Crippen molar-refractivity contribution in [1.82, 2.24) is 10.6 Å². The van der Waals surface area contributed by atoms with Crippen molar-refractivity contribution in [3.8, 4) is 5.75 Å². The van der Waals surface area contributed by atoms with Gasteiger partial charge in [-0.1, -0.05) is 0 Å². The fourth-order valence-electron chi connectivity index (χ4n) is 2.35. The van der Waals surface area contributed by atoms with Gasteiger partial charge in [0, 0.05) is 18.7 Å². The number of nitro groups is 1. The average molecular weight is 347 g/mol. The second-order valence-corrected chi connectivity index (χ2v) is 5.36. The van der Waals surface area contributed by atoms with E-state index in [9.17, 15) is 28.1 Å². The van der Waals surface area contributed by atoms with Gasteiger partial charge in [0.25, 0.3) is 11.6 Å². The van der Waals surface area contributed by atoms with Crippen LogP contribution in [0.15, 0.2) is 18.2 Å². The number of carbonyl (C=O) groups is 1. The van der Waals surface area contributed by atoms with Gasteiger partial charge in [0.1, 0.15) is 11.3 Å². The van der Waals surface area contributed by atoms with Crippen molar-refractivity contribution >= 4 is 11.6 Å². The summed E-state index contributed by atoms with van der Waals surface area (Å²) in [6.07, 6.45) is -2.98. The highest BCUT2D eigenvalue weighted by Gasteiger charge is 2.29. The van der Waals surface area contributed by atoms with E-state index in [2.05, 4.69) is 15.4 Å². The fourth-order valence-corrected chi connectivity index (χ4v) is 2.35. The van der Waals surface area contributed by atoms with Crippen LogP contribution in [0.25, 0.3) is 0 Å². The third-order valence-electron chi connectivity index (χ3n) is 3.44. The summed E-state index contributed by atoms with van der Waals surface area (Å²) >= 11 is 0. The quantitative estimate of drug-likeness (QED) is 0.628. The van der Waals surface area contributed by atoms with E-state index in [0.717, 1.165) is 37.6 Å². The molecule has 7 nitrogen and oxygen atoms in total. The van der Waals surface area contributed by atoms with Gasteiger partial charge in [0.05, 0.1) is 4.92 Å². The van der Waals surface area contributed by atoms with Crippen LogP contribution in [-0.4, -0.2) is 42.7 Å². The van der Waals surface area contributed by atoms with Crippen molar-refractivity contribution in [1.29, 1.82) is 0 Å². The number of hydrogen-bond donors (Lipinski definition) is 2. The molecule has 0 aliphatic carbocycles. The van der Waals surface area contributed by atoms with Gasteiger partial charge in [-0.25, -0.2) is 0 Å². The van der Waals surface area contributed by atoms with Crippen molar-refractivity contribution in [3.63, 3.8) is 0 Å². The van der Waals surface area contributed by atoms with E-state index >= 15 is 0 Å². The normalized spacial score (nSPS) is 18.0. The summed E-state index contributed by atoms with van der Waals surface area (Å²) in [6.45, 7) is -0.185. The standard InChI is InChI=1S/C14H16F3N3O4/c15-14(16,17)8-24-10-3-4-12(20(22)23)11(6-10)13(21)19-9-2-1-5-18-7-9/h3-4,6,9,18H,1-2,5,7-8H2,(H,19,21)/t9-/m0/s1. The van der Waals surface area contributed by atoms with Crippen LogP contribution in [0.2, 0.25) is 0 Å². The van der Waals surface area contributed by atoms with E-state index in [1.165, 1.54) is 0 Å². The van der Waals surface area contributed by atoms with Crippen LogP contribution >= 0.6 is 0 Å². The lowest BCUT2D eigenvalue weighted by Crippen LogP contribution is -2.45. The van der Waals surface area contributed by atoms with Gasteiger partial charge in [-0.2, -0.15) is 13.2 Å². The van der Waals surface area contributed by atoms with Crippen LogP contribution in [0.5, 0.6) is 5.75 Å². The molecule has 1 heterocycles. The zero-order valence-electron chi connectivity index (χ0n) is 12.6. The highest BCUT2D eigenvalue weighted by atomic mass is 19.4. The van der Waals surface area contributed by atoms with E-state index in [4.69, 9.17) is 0 Å². The van der Waals surface area contributed by atoms with Crippen LogP contribution in [0.3, 0.4) is 0 Å². The first-order valence-corrected chi connectivity index (χ1v) is 7.26. The SMILES string of the molecule is O=C(N[C@H]1CCCNC1)c1cc(OCC(F)(F)F)ccc1[N+](=O)[O-]. The first kappa shape index (κ1) is 18.0. The van der Waals surface area contributed by atoms with Crippen molar-refractivity contribution in [3.05, 3.63) is 33.9 Å². The molecule has 0 radical (unpaired) electrons. The van der Waals surface area contributed by atoms with Gasteiger partial charge < -0.3 is 15.4 Å². The number of halogens is 3. The maximum atomic E-state index is 12.3. The number of nitrogens with zero attached hydrogens (tertiary/aromatic N) is 1. The molecule has 1 saturated heterocycles. The highest BCUT2D eigenvalue weighted by molar-refractivity contribution is 5.98. The molecule has 132 valence electrons. The molecule has 1 atom stereocenters. The van der Waals surface area contributed by atoms with E-state index < -0.39 is 29.3 Å². The Hall–Kier alpha value is -2.36. The fraction of sp³-hybridized carbons (Fsp3) is 0.500. The highest BCUT2D eigenvalue weighted by Crippen LogP contribution is 2.26. The Morgan fingerprint density at radius 1 is 1.46 bits per heavy atom. The first-order chi connectivity index (χ1) is 11.3. The molecule has 0 unspecified atom stereocenters.